The van der Waals surface area contributed by atoms with Crippen LogP contribution in [0.25, 0.3) is 11.0 Å². The number of fused-ring (bicyclic) bond motifs is 3. The van der Waals surface area contributed by atoms with Gasteiger partial charge in [0.2, 0.25) is 0 Å². The van der Waals surface area contributed by atoms with Gasteiger partial charge in [-0.05, 0) is 56.5 Å². The highest BCUT2D eigenvalue weighted by atomic mass is 16.1. The zero-order valence-corrected chi connectivity index (χ0v) is 14.8. The molecule has 4 nitrogen and oxygen atoms in total. The third-order valence-corrected chi connectivity index (χ3v) is 4.99. The maximum Gasteiger partial charge on any atom is 0.255 e. The summed E-state index contributed by atoms with van der Waals surface area (Å²) in [6.45, 7) is 5.04. The van der Waals surface area contributed by atoms with Crippen molar-refractivity contribution in [2.45, 2.75) is 46.1 Å². The van der Waals surface area contributed by atoms with Crippen molar-refractivity contribution < 1.29 is 4.79 Å². The molecule has 0 spiro atoms. The van der Waals surface area contributed by atoms with Gasteiger partial charge in [-0.15, -0.1) is 0 Å². The Hall–Kier alpha value is -2.62. The van der Waals surface area contributed by atoms with E-state index >= 15 is 0 Å². The topological polar surface area (TPSA) is 46.9 Å². The fourth-order valence-corrected chi connectivity index (χ4v) is 3.69. The second-order valence-corrected chi connectivity index (χ2v) is 6.97. The number of carbonyl (C=O) groups excluding carboxylic acids is 1. The van der Waals surface area contributed by atoms with E-state index in [1.54, 1.807) is 0 Å². The lowest BCUT2D eigenvalue weighted by Crippen LogP contribution is -2.13. The minimum Gasteiger partial charge on any atom is -0.328 e. The number of hydrogen-bond acceptors (Lipinski definition) is 2. The van der Waals surface area contributed by atoms with Crippen molar-refractivity contribution in [3.05, 3.63) is 58.9 Å². The van der Waals surface area contributed by atoms with E-state index in [0.717, 1.165) is 35.3 Å². The Bertz CT molecular complexity index is 955. The first-order valence-corrected chi connectivity index (χ1v) is 8.99. The first-order valence-electron chi connectivity index (χ1n) is 8.99. The third-order valence-electron chi connectivity index (χ3n) is 4.99. The molecule has 4 heteroatoms. The molecule has 1 amide bonds. The van der Waals surface area contributed by atoms with E-state index in [2.05, 4.69) is 16.0 Å². The van der Waals surface area contributed by atoms with Crippen molar-refractivity contribution in [2.24, 2.45) is 0 Å². The molecule has 128 valence electrons. The highest BCUT2D eigenvalue weighted by molar-refractivity contribution is 6.06. The van der Waals surface area contributed by atoms with Gasteiger partial charge in [-0.25, -0.2) is 4.98 Å². The Morgan fingerprint density at radius 1 is 1.08 bits per heavy atom. The fraction of sp³-hybridized carbons (Fsp3) is 0.333. The van der Waals surface area contributed by atoms with Gasteiger partial charge in [0.05, 0.1) is 11.0 Å². The summed E-state index contributed by atoms with van der Waals surface area (Å²) < 4.78 is 2.33. The summed E-state index contributed by atoms with van der Waals surface area (Å²) in [5.41, 5.74) is 5.80. The summed E-state index contributed by atoms with van der Waals surface area (Å²) in [7, 11) is 0. The van der Waals surface area contributed by atoms with Crippen LogP contribution in [0.1, 0.15) is 46.6 Å². The molecule has 0 bridgehead atoms. The number of benzene rings is 2. The first-order chi connectivity index (χ1) is 12.1. The van der Waals surface area contributed by atoms with Gasteiger partial charge in [-0.3, -0.25) is 4.79 Å². The Kier molecular flexibility index (Phi) is 4.04. The van der Waals surface area contributed by atoms with Crippen LogP contribution in [0.4, 0.5) is 5.69 Å². The number of nitrogens with one attached hydrogen (secondary N) is 1. The molecule has 1 aromatic heterocycles. The van der Waals surface area contributed by atoms with Crippen molar-refractivity contribution in [3.8, 4) is 0 Å². The van der Waals surface area contributed by atoms with Crippen molar-refractivity contribution >= 4 is 22.6 Å². The molecule has 0 radical (unpaired) electrons. The average molecular weight is 333 g/mol. The minimum absolute atomic E-state index is 0.0716. The zero-order valence-electron chi connectivity index (χ0n) is 14.8. The van der Waals surface area contributed by atoms with Gasteiger partial charge in [0.25, 0.3) is 5.91 Å². The standard InChI is InChI=1S/C21H23N3O/c1-14-7-9-17(15(2)12-14)21(25)22-16-8-10-19-18(13-16)23-20-6-4-3-5-11-24(19)20/h7-10,12-13H,3-6,11H2,1-2H3,(H,22,25). The van der Waals surface area contributed by atoms with Gasteiger partial charge in [0, 0.05) is 24.2 Å². The summed E-state index contributed by atoms with van der Waals surface area (Å²) in [5.74, 6) is 1.10. The molecule has 25 heavy (non-hydrogen) atoms. The summed E-state index contributed by atoms with van der Waals surface area (Å²) in [6.07, 6.45) is 4.73. The largest absolute Gasteiger partial charge is 0.328 e. The van der Waals surface area contributed by atoms with Crippen LogP contribution in [-0.2, 0) is 13.0 Å². The second kappa shape index (κ2) is 6.36. The molecule has 2 heterocycles. The summed E-state index contributed by atoms with van der Waals surface area (Å²) in [4.78, 5) is 17.4. The number of aromatic nitrogens is 2. The van der Waals surface area contributed by atoms with Gasteiger partial charge in [-0.1, -0.05) is 24.1 Å². The molecule has 4 rings (SSSR count). The van der Waals surface area contributed by atoms with E-state index in [1.165, 1.54) is 30.6 Å². The quantitative estimate of drug-likeness (QED) is 0.743. The van der Waals surface area contributed by atoms with Crippen LogP contribution in [0, 0.1) is 13.8 Å². The van der Waals surface area contributed by atoms with Crippen LogP contribution in [-0.4, -0.2) is 15.5 Å². The average Bonchev–Trinajstić information content (AvgIpc) is 2.75. The Morgan fingerprint density at radius 3 is 2.80 bits per heavy atom. The number of rotatable bonds is 2. The molecule has 3 aromatic rings. The highest BCUT2D eigenvalue weighted by Gasteiger charge is 2.15. The molecule has 0 saturated heterocycles. The fourth-order valence-electron chi connectivity index (χ4n) is 3.69. The molecule has 2 aromatic carbocycles. The molecule has 0 aliphatic carbocycles. The second-order valence-electron chi connectivity index (χ2n) is 6.97. The predicted octanol–water partition coefficient (Wildman–Crippen LogP) is 4.63. The van der Waals surface area contributed by atoms with Gasteiger partial charge < -0.3 is 9.88 Å². The van der Waals surface area contributed by atoms with E-state index in [0.29, 0.717) is 5.56 Å². The molecule has 0 atom stereocenters. The number of imidazole rings is 1. The summed E-state index contributed by atoms with van der Waals surface area (Å²) in [5, 5.41) is 3.02. The van der Waals surface area contributed by atoms with Crippen LogP contribution in [0.2, 0.25) is 0 Å². The Morgan fingerprint density at radius 2 is 1.96 bits per heavy atom. The molecular formula is C21H23N3O. The van der Waals surface area contributed by atoms with E-state index in [9.17, 15) is 4.79 Å². The summed E-state index contributed by atoms with van der Waals surface area (Å²) >= 11 is 0. The molecule has 0 saturated carbocycles. The predicted molar refractivity (Wildman–Crippen MR) is 101 cm³/mol. The molecular weight excluding hydrogens is 310 g/mol. The normalized spacial score (nSPS) is 14.2. The third kappa shape index (κ3) is 3.04. The first kappa shape index (κ1) is 15.9. The van der Waals surface area contributed by atoms with Crippen LogP contribution in [0.15, 0.2) is 36.4 Å². The smallest absolute Gasteiger partial charge is 0.255 e. The van der Waals surface area contributed by atoms with E-state index in [1.807, 2.05) is 44.2 Å². The van der Waals surface area contributed by atoms with Crippen LogP contribution < -0.4 is 5.32 Å². The Labute approximate surface area is 147 Å². The number of amides is 1. The van der Waals surface area contributed by atoms with Crippen LogP contribution >= 0.6 is 0 Å². The van der Waals surface area contributed by atoms with Crippen molar-refractivity contribution in [1.29, 1.82) is 0 Å². The number of hydrogen-bond donors (Lipinski definition) is 1. The molecule has 1 N–H and O–H groups in total. The number of aryl methyl sites for hydroxylation is 4. The molecule has 1 aliphatic rings. The molecule has 1 aliphatic heterocycles. The lowest BCUT2D eigenvalue weighted by Gasteiger charge is -2.09. The van der Waals surface area contributed by atoms with Crippen LogP contribution in [0.5, 0.6) is 0 Å². The number of anilines is 1. The highest BCUT2D eigenvalue weighted by Crippen LogP contribution is 2.25. The number of carbonyl (C=O) groups is 1. The van der Waals surface area contributed by atoms with E-state index in [4.69, 9.17) is 4.98 Å². The Balaban J connectivity index is 1.62. The molecule has 0 unspecified atom stereocenters. The lowest BCUT2D eigenvalue weighted by molar-refractivity contribution is 0.102. The zero-order chi connectivity index (χ0) is 17.4. The number of nitrogens with zero attached hydrogens (tertiary/aromatic N) is 2. The summed E-state index contributed by atoms with van der Waals surface area (Å²) in [6, 6.07) is 11.9. The SMILES string of the molecule is Cc1ccc(C(=O)Nc2ccc3c(c2)nc2n3CCCCC2)c(C)c1. The van der Waals surface area contributed by atoms with E-state index in [-0.39, 0.29) is 5.91 Å². The minimum atomic E-state index is -0.0716. The molecule has 0 fully saturated rings. The van der Waals surface area contributed by atoms with Crippen molar-refractivity contribution in [2.75, 3.05) is 5.32 Å². The maximum atomic E-state index is 12.6. The van der Waals surface area contributed by atoms with Crippen molar-refractivity contribution in [3.63, 3.8) is 0 Å². The van der Waals surface area contributed by atoms with Crippen LogP contribution in [0.3, 0.4) is 0 Å². The van der Waals surface area contributed by atoms with Crippen molar-refractivity contribution in [1.82, 2.24) is 9.55 Å². The van der Waals surface area contributed by atoms with Gasteiger partial charge >= 0.3 is 0 Å². The lowest BCUT2D eigenvalue weighted by atomic mass is 10.1. The monoisotopic (exact) mass is 333 g/mol. The van der Waals surface area contributed by atoms with Gasteiger partial charge in [0.1, 0.15) is 5.82 Å². The van der Waals surface area contributed by atoms with E-state index < -0.39 is 0 Å². The maximum absolute atomic E-state index is 12.6. The van der Waals surface area contributed by atoms with Gasteiger partial charge in [-0.2, -0.15) is 0 Å². The van der Waals surface area contributed by atoms with Gasteiger partial charge in [0.15, 0.2) is 0 Å².